The van der Waals surface area contributed by atoms with E-state index in [1.807, 2.05) is 11.0 Å². The first kappa shape index (κ1) is 23.8. The number of primary amides is 1. The summed E-state index contributed by atoms with van der Waals surface area (Å²) < 4.78 is 5.31. The Bertz CT molecular complexity index is 1080. The van der Waals surface area contributed by atoms with E-state index in [-0.39, 0.29) is 23.6 Å². The number of benzene rings is 1. The lowest BCUT2D eigenvalue weighted by molar-refractivity contribution is -0.122. The molecule has 0 aliphatic carbocycles. The highest BCUT2D eigenvalue weighted by Gasteiger charge is 2.35. The molecule has 9 nitrogen and oxygen atoms in total. The number of aromatic nitrogens is 1. The number of halogens is 1. The van der Waals surface area contributed by atoms with E-state index in [4.69, 9.17) is 22.1 Å². The second kappa shape index (κ2) is 10.3. The molecule has 10 heteroatoms. The van der Waals surface area contributed by atoms with Crippen molar-refractivity contribution in [3.63, 3.8) is 0 Å². The average Bonchev–Trinajstić information content (AvgIpc) is 3.34. The van der Waals surface area contributed by atoms with E-state index in [1.54, 1.807) is 35.4 Å². The number of ether oxygens (including phenoxy) is 1. The number of carbonyl (C=O) groups is 3. The summed E-state index contributed by atoms with van der Waals surface area (Å²) in [5.74, 6) is 0.109. The number of piperidine rings is 1. The van der Waals surface area contributed by atoms with Gasteiger partial charge in [0.1, 0.15) is 17.6 Å². The maximum absolute atomic E-state index is 13.2. The van der Waals surface area contributed by atoms with Crippen LogP contribution < -0.4 is 20.7 Å². The first-order valence-corrected chi connectivity index (χ1v) is 11.7. The summed E-state index contributed by atoms with van der Waals surface area (Å²) in [7, 11) is 1.49. The Balaban J connectivity index is 1.42. The molecule has 2 aromatic rings. The fourth-order valence-electron chi connectivity index (χ4n) is 4.57. The number of likely N-dealkylation sites (tertiary alicyclic amines) is 1. The minimum atomic E-state index is -0.603. The first-order valence-electron chi connectivity index (χ1n) is 11.3. The number of pyridine rings is 1. The molecule has 0 saturated carbocycles. The van der Waals surface area contributed by atoms with Gasteiger partial charge in [-0.3, -0.25) is 14.4 Å². The third kappa shape index (κ3) is 5.09. The molecule has 0 spiro atoms. The molecule has 180 valence electrons. The van der Waals surface area contributed by atoms with Crippen molar-refractivity contribution in [3.8, 4) is 5.75 Å². The van der Waals surface area contributed by atoms with Crippen LogP contribution in [0.25, 0.3) is 0 Å². The van der Waals surface area contributed by atoms with Crippen LogP contribution in [0.15, 0.2) is 36.5 Å². The quantitative estimate of drug-likeness (QED) is 0.649. The summed E-state index contributed by atoms with van der Waals surface area (Å²) in [5.41, 5.74) is 6.33. The van der Waals surface area contributed by atoms with Crippen molar-refractivity contribution in [1.82, 2.24) is 9.88 Å². The Morgan fingerprint density at radius 1 is 1.15 bits per heavy atom. The van der Waals surface area contributed by atoms with Crippen molar-refractivity contribution >= 4 is 40.8 Å². The average molecular weight is 486 g/mol. The van der Waals surface area contributed by atoms with Crippen molar-refractivity contribution in [1.29, 1.82) is 0 Å². The molecule has 2 aliphatic heterocycles. The van der Waals surface area contributed by atoms with Crippen molar-refractivity contribution < 1.29 is 19.1 Å². The second-order valence-corrected chi connectivity index (χ2v) is 9.02. The van der Waals surface area contributed by atoms with E-state index in [0.717, 1.165) is 31.6 Å². The number of nitrogens with two attached hydrogens (primary N) is 1. The first-order chi connectivity index (χ1) is 16.4. The molecular formula is C24H28ClN5O4. The van der Waals surface area contributed by atoms with Gasteiger partial charge >= 0.3 is 0 Å². The molecule has 3 heterocycles. The van der Waals surface area contributed by atoms with Gasteiger partial charge in [-0.05, 0) is 56.0 Å². The van der Waals surface area contributed by atoms with Crippen LogP contribution in [-0.4, -0.2) is 60.4 Å². The fraction of sp³-hybridized carbons (Fsp3) is 0.417. The summed E-state index contributed by atoms with van der Waals surface area (Å²) in [6.45, 7) is 1.81. The molecule has 4 rings (SSSR count). The Hall–Kier alpha value is -3.33. The zero-order valence-corrected chi connectivity index (χ0v) is 19.8. The molecule has 0 bridgehead atoms. The maximum Gasteiger partial charge on any atom is 0.258 e. The Kier molecular flexibility index (Phi) is 7.21. The standard InChI is InChI=1S/C24H28ClN5O4/c1-34-20-8-6-16(25)12-18(20)24(33)30-11-3-5-19(30)23(32)28-17-7-9-21(27-13-17)29-10-2-4-15(14-29)22(26)31/h6-9,12-13,15,19H,2-5,10-11,14H2,1H3,(H2,26,31)(H,28,32). The summed E-state index contributed by atoms with van der Waals surface area (Å²) in [6.07, 6.45) is 4.53. The van der Waals surface area contributed by atoms with Crippen LogP contribution in [0, 0.1) is 5.92 Å². The smallest absolute Gasteiger partial charge is 0.258 e. The van der Waals surface area contributed by atoms with Crippen LogP contribution >= 0.6 is 11.6 Å². The molecule has 2 aliphatic rings. The number of anilines is 2. The van der Waals surface area contributed by atoms with Gasteiger partial charge in [0.2, 0.25) is 11.8 Å². The Labute approximate surface area is 203 Å². The zero-order chi connectivity index (χ0) is 24.2. The number of methoxy groups -OCH3 is 1. The Morgan fingerprint density at radius 2 is 1.94 bits per heavy atom. The molecule has 2 fully saturated rings. The number of rotatable bonds is 6. The van der Waals surface area contributed by atoms with Crippen LogP contribution in [0.4, 0.5) is 11.5 Å². The summed E-state index contributed by atoms with van der Waals surface area (Å²) in [5, 5.41) is 3.29. The van der Waals surface area contributed by atoms with Gasteiger partial charge in [-0.15, -0.1) is 0 Å². The van der Waals surface area contributed by atoms with Gasteiger partial charge in [-0.1, -0.05) is 11.6 Å². The predicted molar refractivity (Wildman–Crippen MR) is 129 cm³/mol. The number of carbonyl (C=O) groups excluding carboxylic acids is 3. The zero-order valence-electron chi connectivity index (χ0n) is 19.0. The fourth-order valence-corrected chi connectivity index (χ4v) is 4.75. The molecule has 3 N–H and O–H groups in total. The summed E-state index contributed by atoms with van der Waals surface area (Å²) >= 11 is 6.08. The van der Waals surface area contributed by atoms with Crippen LogP contribution in [0.2, 0.25) is 5.02 Å². The highest BCUT2D eigenvalue weighted by atomic mass is 35.5. The van der Waals surface area contributed by atoms with E-state index >= 15 is 0 Å². The third-order valence-corrected chi connectivity index (χ3v) is 6.61. The van der Waals surface area contributed by atoms with Gasteiger partial charge in [0.05, 0.1) is 30.5 Å². The van der Waals surface area contributed by atoms with Crippen molar-refractivity contribution in [2.24, 2.45) is 11.7 Å². The highest BCUT2D eigenvalue weighted by Crippen LogP contribution is 2.28. The third-order valence-electron chi connectivity index (χ3n) is 6.37. The molecule has 34 heavy (non-hydrogen) atoms. The lowest BCUT2D eigenvalue weighted by Crippen LogP contribution is -2.43. The van der Waals surface area contributed by atoms with E-state index in [9.17, 15) is 14.4 Å². The largest absolute Gasteiger partial charge is 0.496 e. The minimum absolute atomic E-state index is 0.182. The van der Waals surface area contributed by atoms with Crippen LogP contribution in [0.3, 0.4) is 0 Å². The number of amides is 3. The molecule has 0 radical (unpaired) electrons. The SMILES string of the molecule is COc1ccc(Cl)cc1C(=O)N1CCCC1C(=O)Nc1ccc(N2CCCC(C(N)=O)C2)nc1. The van der Waals surface area contributed by atoms with E-state index in [1.165, 1.54) is 7.11 Å². The molecule has 2 atom stereocenters. The predicted octanol–water partition coefficient (Wildman–Crippen LogP) is 2.69. The number of nitrogens with zero attached hydrogens (tertiary/aromatic N) is 3. The normalized spacial score (nSPS) is 20.2. The minimum Gasteiger partial charge on any atom is -0.496 e. The molecule has 1 aromatic carbocycles. The van der Waals surface area contributed by atoms with Gasteiger partial charge < -0.3 is 25.6 Å². The van der Waals surface area contributed by atoms with E-state index in [0.29, 0.717) is 41.5 Å². The van der Waals surface area contributed by atoms with Gasteiger partial charge in [0, 0.05) is 24.7 Å². The van der Waals surface area contributed by atoms with Crippen LogP contribution in [0.1, 0.15) is 36.0 Å². The molecule has 2 saturated heterocycles. The summed E-state index contributed by atoms with van der Waals surface area (Å²) in [6, 6.07) is 7.83. The van der Waals surface area contributed by atoms with Gasteiger partial charge in [-0.25, -0.2) is 4.98 Å². The lowest BCUT2D eigenvalue weighted by Gasteiger charge is -2.32. The molecule has 2 unspecified atom stereocenters. The molecule has 1 aromatic heterocycles. The highest BCUT2D eigenvalue weighted by molar-refractivity contribution is 6.31. The topological polar surface area (TPSA) is 118 Å². The van der Waals surface area contributed by atoms with Crippen LogP contribution in [0.5, 0.6) is 5.75 Å². The van der Waals surface area contributed by atoms with Gasteiger partial charge in [0.25, 0.3) is 5.91 Å². The van der Waals surface area contributed by atoms with Crippen LogP contribution in [-0.2, 0) is 9.59 Å². The van der Waals surface area contributed by atoms with E-state index in [2.05, 4.69) is 10.3 Å². The molecular weight excluding hydrogens is 458 g/mol. The maximum atomic E-state index is 13.2. The number of nitrogens with one attached hydrogen (secondary N) is 1. The molecule has 3 amide bonds. The summed E-state index contributed by atoms with van der Waals surface area (Å²) in [4.78, 5) is 45.8. The van der Waals surface area contributed by atoms with E-state index < -0.39 is 6.04 Å². The lowest BCUT2D eigenvalue weighted by atomic mass is 9.97. The van der Waals surface area contributed by atoms with Crippen molar-refractivity contribution in [2.45, 2.75) is 31.7 Å². The monoisotopic (exact) mass is 485 g/mol. The second-order valence-electron chi connectivity index (χ2n) is 8.58. The van der Waals surface area contributed by atoms with Crippen molar-refractivity contribution in [2.75, 3.05) is 37.0 Å². The number of hydrogen-bond acceptors (Lipinski definition) is 6. The van der Waals surface area contributed by atoms with Gasteiger partial charge in [0.15, 0.2) is 0 Å². The van der Waals surface area contributed by atoms with Crippen molar-refractivity contribution in [3.05, 3.63) is 47.1 Å². The van der Waals surface area contributed by atoms with Gasteiger partial charge in [-0.2, -0.15) is 0 Å². The Morgan fingerprint density at radius 3 is 2.65 bits per heavy atom. The number of hydrogen-bond donors (Lipinski definition) is 2.